The molecule has 0 spiro atoms. The molecule has 5 nitrogen and oxygen atoms in total. The van der Waals surface area contributed by atoms with E-state index in [-0.39, 0.29) is 0 Å². The zero-order chi connectivity index (χ0) is 12.8. The molecule has 0 atom stereocenters. The van der Waals surface area contributed by atoms with E-state index in [1.807, 2.05) is 19.1 Å². The maximum atomic E-state index is 6.11. The average Bonchev–Trinajstić information content (AvgIpc) is 2.88. The number of hydrogen-bond donors (Lipinski definition) is 0. The highest BCUT2D eigenvalue weighted by Gasteiger charge is 2.01. The molecule has 0 radical (unpaired) electrons. The molecule has 0 bridgehead atoms. The van der Waals surface area contributed by atoms with Gasteiger partial charge in [0.2, 0.25) is 0 Å². The van der Waals surface area contributed by atoms with Crippen molar-refractivity contribution < 1.29 is 4.74 Å². The van der Waals surface area contributed by atoms with Crippen LogP contribution in [0, 0.1) is 0 Å². The molecule has 6 heteroatoms. The fourth-order valence-corrected chi connectivity index (χ4v) is 1.56. The highest BCUT2D eigenvalue weighted by Crippen LogP contribution is 2.25. The van der Waals surface area contributed by atoms with Crippen molar-refractivity contribution >= 4 is 17.8 Å². The first-order valence-electron chi connectivity index (χ1n) is 5.61. The van der Waals surface area contributed by atoms with Gasteiger partial charge in [0.25, 0.3) is 0 Å². The Balaban J connectivity index is 2.09. The first-order chi connectivity index (χ1) is 8.79. The van der Waals surface area contributed by atoms with E-state index in [2.05, 4.69) is 15.3 Å². The van der Waals surface area contributed by atoms with E-state index in [0.29, 0.717) is 17.4 Å². The van der Waals surface area contributed by atoms with Gasteiger partial charge in [0.05, 0.1) is 17.8 Å². The quantitative estimate of drug-likeness (QED) is 0.780. The minimum Gasteiger partial charge on any atom is -0.492 e. The molecule has 0 N–H and O–H groups in total. The second kappa shape index (κ2) is 6.16. The first-order valence-corrected chi connectivity index (χ1v) is 5.98. The average molecular weight is 265 g/mol. The van der Waals surface area contributed by atoms with Crippen LogP contribution in [0.25, 0.3) is 0 Å². The smallest absolute Gasteiger partial charge is 0.141 e. The van der Waals surface area contributed by atoms with Crippen LogP contribution in [0.1, 0.15) is 18.9 Å². The van der Waals surface area contributed by atoms with Crippen LogP contribution in [0.2, 0.25) is 5.02 Å². The van der Waals surface area contributed by atoms with Crippen LogP contribution in [0.3, 0.4) is 0 Å². The number of hydrogen-bond acceptors (Lipinski definition) is 4. The van der Waals surface area contributed by atoms with Crippen LogP contribution < -0.4 is 4.74 Å². The fourth-order valence-electron chi connectivity index (χ4n) is 1.31. The van der Waals surface area contributed by atoms with Crippen LogP contribution >= 0.6 is 11.6 Å². The maximum Gasteiger partial charge on any atom is 0.141 e. The van der Waals surface area contributed by atoms with E-state index in [1.165, 1.54) is 17.3 Å². The normalized spacial score (nSPS) is 11.0. The molecule has 94 valence electrons. The van der Waals surface area contributed by atoms with Gasteiger partial charge in [0.1, 0.15) is 18.4 Å². The van der Waals surface area contributed by atoms with E-state index in [9.17, 15) is 0 Å². The van der Waals surface area contributed by atoms with Gasteiger partial charge in [-0.05, 0) is 30.2 Å². The zero-order valence-electron chi connectivity index (χ0n) is 9.95. The second-order valence-electron chi connectivity index (χ2n) is 3.62. The summed E-state index contributed by atoms with van der Waals surface area (Å²) in [6.45, 7) is 2.71. The number of aromatic nitrogens is 3. The Kier molecular flexibility index (Phi) is 4.30. The lowest BCUT2D eigenvalue weighted by atomic mass is 10.2. The standard InChI is InChI=1S/C12H13ClN4O/c1-2-5-18-12-4-3-10(6-11(12)13)7-16-17-8-14-15-9-17/h3-4,6-9H,2,5H2,1H3/b16-7-. The van der Waals surface area contributed by atoms with E-state index in [0.717, 1.165) is 12.0 Å². The van der Waals surface area contributed by atoms with E-state index in [1.54, 1.807) is 12.3 Å². The van der Waals surface area contributed by atoms with E-state index in [4.69, 9.17) is 16.3 Å². The summed E-state index contributed by atoms with van der Waals surface area (Å²) in [7, 11) is 0. The lowest BCUT2D eigenvalue weighted by Crippen LogP contribution is -1.96. The number of halogens is 1. The van der Waals surface area contributed by atoms with Crippen molar-refractivity contribution in [3.05, 3.63) is 41.4 Å². The van der Waals surface area contributed by atoms with Crippen LogP contribution in [-0.2, 0) is 0 Å². The third-order valence-electron chi connectivity index (χ3n) is 2.16. The Morgan fingerprint density at radius 1 is 1.39 bits per heavy atom. The van der Waals surface area contributed by atoms with E-state index >= 15 is 0 Å². The molecule has 0 amide bonds. The lowest BCUT2D eigenvalue weighted by molar-refractivity contribution is 0.317. The van der Waals surface area contributed by atoms with E-state index < -0.39 is 0 Å². The Bertz CT molecular complexity index is 525. The van der Waals surface area contributed by atoms with Gasteiger partial charge in [-0.15, -0.1) is 10.2 Å². The maximum absolute atomic E-state index is 6.11. The van der Waals surface area contributed by atoms with Crippen molar-refractivity contribution in [2.75, 3.05) is 6.61 Å². The topological polar surface area (TPSA) is 52.3 Å². The summed E-state index contributed by atoms with van der Waals surface area (Å²) in [5.41, 5.74) is 0.887. The highest BCUT2D eigenvalue weighted by molar-refractivity contribution is 6.32. The summed E-state index contributed by atoms with van der Waals surface area (Å²) in [6.07, 6.45) is 5.65. The summed E-state index contributed by atoms with van der Waals surface area (Å²) in [5, 5.41) is 12.0. The van der Waals surface area contributed by atoms with Crippen LogP contribution in [0.15, 0.2) is 36.0 Å². The van der Waals surface area contributed by atoms with Crippen molar-refractivity contribution in [2.45, 2.75) is 13.3 Å². The summed E-state index contributed by atoms with van der Waals surface area (Å²) in [4.78, 5) is 0. The summed E-state index contributed by atoms with van der Waals surface area (Å²) in [6, 6.07) is 5.54. The third kappa shape index (κ3) is 3.30. The molecule has 0 saturated heterocycles. The summed E-state index contributed by atoms with van der Waals surface area (Å²) >= 11 is 6.11. The van der Waals surface area contributed by atoms with Crippen molar-refractivity contribution in [3.8, 4) is 5.75 Å². The number of benzene rings is 1. The molecule has 1 heterocycles. The molecule has 2 rings (SSSR count). The number of nitrogens with zero attached hydrogens (tertiary/aromatic N) is 4. The summed E-state index contributed by atoms with van der Waals surface area (Å²) < 4.78 is 7.00. The minimum absolute atomic E-state index is 0.580. The van der Waals surface area contributed by atoms with Crippen LogP contribution in [0.5, 0.6) is 5.75 Å². The summed E-state index contributed by atoms with van der Waals surface area (Å²) in [5.74, 6) is 0.694. The predicted octanol–water partition coefficient (Wildman–Crippen LogP) is 2.60. The Morgan fingerprint density at radius 3 is 2.83 bits per heavy atom. The predicted molar refractivity (Wildman–Crippen MR) is 70.3 cm³/mol. The van der Waals surface area contributed by atoms with Gasteiger partial charge in [-0.2, -0.15) is 5.10 Å². The minimum atomic E-state index is 0.580. The zero-order valence-corrected chi connectivity index (χ0v) is 10.7. The van der Waals surface area contributed by atoms with Crippen LogP contribution in [0.4, 0.5) is 0 Å². The molecule has 0 unspecified atom stereocenters. The Labute approximate surface area is 110 Å². The third-order valence-corrected chi connectivity index (χ3v) is 2.46. The largest absolute Gasteiger partial charge is 0.492 e. The second-order valence-corrected chi connectivity index (χ2v) is 4.03. The van der Waals surface area contributed by atoms with Crippen LogP contribution in [-0.4, -0.2) is 27.7 Å². The molecule has 18 heavy (non-hydrogen) atoms. The van der Waals surface area contributed by atoms with Crippen molar-refractivity contribution in [3.63, 3.8) is 0 Å². The molecule has 0 aliphatic rings. The SMILES string of the molecule is CCCOc1ccc(/C=N\n2cnnc2)cc1Cl. The van der Waals surface area contributed by atoms with Crippen molar-refractivity contribution in [2.24, 2.45) is 5.10 Å². The molecule has 0 saturated carbocycles. The van der Waals surface area contributed by atoms with Gasteiger partial charge >= 0.3 is 0 Å². The molecular formula is C12H13ClN4O. The number of rotatable bonds is 5. The number of ether oxygens (including phenoxy) is 1. The van der Waals surface area contributed by atoms with Crippen molar-refractivity contribution in [1.82, 2.24) is 14.9 Å². The molecule has 2 aromatic rings. The molecular weight excluding hydrogens is 252 g/mol. The molecule has 1 aromatic heterocycles. The first kappa shape index (κ1) is 12.6. The van der Waals surface area contributed by atoms with Crippen molar-refractivity contribution in [1.29, 1.82) is 0 Å². The highest BCUT2D eigenvalue weighted by atomic mass is 35.5. The van der Waals surface area contributed by atoms with Gasteiger partial charge in [-0.3, -0.25) is 0 Å². The molecule has 0 aliphatic carbocycles. The molecule has 0 aliphatic heterocycles. The van der Waals surface area contributed by atoms with Gasteiger partial charge in [-0.25, -0.2) is 4.68 Å². The van der Waals surface area contributed by atoms with Gasteiger partial charge in [0.15, 0.2) is 0 Å². The Hall–Kier alpha value is -1.88. The lowest BCUT2D eigenvalue weighted by Gasteiger charge is -2.06. The monoisotopic (exact) mass is 264 g/mol. The van der Waals surface area contributed by atoms with Gasteiger partial charge < -0.3 is 4.74 Å². The molecule has 0 fully saturated rings. The van der Waals surface area contributed by atoms with Gasteiger partial charge in [-0.1, -0.05) is 18.5 Å². The molecule has 1 aromatic carbocycles. The Morgan fingerprint density at radius 2 is 2.17 bits per heavy atom. The van der Waals surface area contributed by atoms with Gasteiger partial charge in [0, 0.05) is 0 Å². The fraction of sp³-hybridized carbons (Fsp3) is 0.250.